The number of hydrogen-bond acceptors (Lipinski definition) is 8. The molecule has 0 N–H and O–H groups in total. The normalized spacial score (nSPS) is 11.1. The van der Waals surface area contributed by atoms with E-state index in [0.717, 1.165) is 24.3 Å². The van der Waals surface area contributed by atoms with Gasteiger partial charge in [-0.3, -0.25) is 4.79 Å². The van der Waals surface area contributed by atoms with Crippen LogP contribution in [0.2, 0.25) is 0 Å². The van der Waals surface area contributed by atoms with Gasteiger partial charge >= 0.3 is 0 Å². The summed E-state index contributed by atoms with van der Waals surface area (Å²) in [5.41, 5.74) is 2.38. The summed E-state index contributed by atoms with van der Waals surface area (Å²) in [5.74, 6) is 0.676. The predicted molar refractivity (Wildman–Crippen MR) is 113 cm³/mol. The second-order valence-electron chi connectivity index (χ2n) is 6.28. The quantitative estimate of drug-likeness (QED) is 0.430. The monoisotopic (exact) mass is 408 g/mol. The smallest absolute Gasteiger partial charge is 0.278 e. The molecule has 148 valence electrons. The number of anilines is 1. The van der Waals surface area contributed by atoms with Gasteiger partial charge in [-0.05, 0) is 62.0 Å². The standard InChI is InChI=1S/C20H20N6O2S/c1-3-25(4-2)15-11-9-14(10-12-15)18-22-23-20(28-18)29-13-26-19(27)16-7-5-6-8-17(16)21-24-26/h5-12H,3-4,13H2,1-2H3. The highest BCUT2D eigenvalue weighted by Crippen LogP contribution is 2.25. The average Bonchev–Trinajstić information content (AvgIpc) is 3.24. The number of thioether (sulfide) groups is 1. The second-order valence-corrected chi connectivity index (χ2v) is 7.17. The lowest BCUT2D eigenvalue weighted by atomic mass is 10.2. The number of hydrogen-bond donors (Lipinski definition) is 0. The van der Waals surface area contributed by atoms with Crippen molar-refractivity contribution in [3.8, 4) is 11.5 Å². The molecule has 0 saturated heterocycles. The zero-order chi connectivity index (χ0) is 20.2. The van der Waals surface area contributed by atoms with Gasteiger partial charge in [0.05, 0.1) is 5.39 Å². The van der Waals surface area contributed by atoms with Crippen molar-refractivity contribution in [3.05, 3.63) is 58.9 Å². The van der Waals surface area contributed by atoms with E-state index in [1.807, 2.05) is 30.3 Å². The van der Waals surface area contributed by atoms with Crippen LogP contribution < -0.4 is 10.5 Å². The Morgan fingerprint density at radius 1 is 1.00 bits per heavy atom. The SMILES string of the molecule is CCN(CC)c1ccc(-c2nnc(SCn3nnc4ccccc4c3=O)o2)cc1. The van der Waals surface area contributed by atoms with Crippen molar-refractivity contribution in [2.24, 2.45) is 0 Å². The highest BCUT2D eigenvalue weighted by Gasteiger charge is 2.12. The summed E-state index contributed by atoms with van der Waals surface area (Å²) in [6.45, 7) is 6.16. The summed E-state index contributed by atoms with van der Waals surface area (Å²) in [7, 11) is 0. The molecule has 8 nitrogen and oxygen atoms in total. The minimum atomic E-state index is -0.199. The zero-order valence-corrected chi connectivity index (χ0v) is 17.0. The lowest BCUT2D eigenvalue weighted by molar-refractivity contribution is 0.464. The molecule has 0 atom stereocenters. The highest BCUT2D eigenvalue weighted by molar-refractivity contribution is 7.98. The van der Waals surface area contributed by atoms with Crippen molar-refractivity contribution in [2.45, 2.75) is 24.9 Å². The van der Waals surface area contributed by atoms with Crippen LogP contribution in [-0.2, 0) is 5.88 Å². The Kier molecular flexibility index (Phi) is 5.57. The Morgan fingerprint density at radius 2 is 1.76 bits per heavy atom. The molecule has 0 amide bonds. The molecule has 0 saturated carbocycles. The Hall–Kier alpha value is -3.20. The lowest BCUT2D eigenvalue weighted by Gasteiger charge is -2.20. The van der Waals surface area contributed by atoms with Crippen molar-refractivity contribution in [1.29, 1.82) is 0 Å². The van der Waals surface area contributed by atoms with Gasteiger partial charge in [0.15, 0.2) is 0 Å². The third kappa shape index (κ3) is 4.00. The largest absolute Gasteiger partial charge is 0.411 e. The van der Waals surface area contributed by atoms with Gasteiger partial charge in [-0.25, -0.2) is 0 Å². The number of aromatic nitrogens is 5. The van der Waals surface area contributed by atoms with Gasteiger partial charge in [-0.2, -0.15) is 4.68 Å². The maximum Gasteiger partial charge on any atom is 0.278 e. The number of fused-ring (bicyclic) bond motifs is 1. The Labute approximate surface area is 171 Å². The average molecular weight is 408 g/mol. The maximum absolute atomic E-state index is 12.5. The Balaban J connectivity index is 1.47. The summed E-state index contributed by atoms with van der Waals surface area (Å²) in [4.78, 5) is 14.8. The summed E-state index contributed by atoms with van der Waals surface area (Å²) in [6.07, 6.45) is 0. The van der Waals surface area contributed by atoms with Crippen LogP contribution in [0.1, 0.15) is 13.8 Å². The van der Waals surface area contributed by atoms with Crippen LogP contribution in [0.5, 0.6) is 0 Å². The molecule has 0 fully saturated rings. The highest BCUT2D eigenvalue weighted by atomic mass is 32.2. The van der Waals surface area contributed by atoms with E-state index in [9.17, 15) is 4.79 Å². The third-order valence-electron chi connectivity index (χ3n) is 4.59. The molecule has 0 aliphatic carbocycles. The molecule has 0 radical (unpaired) electrons. The molecule has 0 unspecified atom stereocenters. The molecule has 2 aromatic heterocycles. The molecular formula is C20H20N6O2S. The third-order valence-corrected chi connectivity index (χ3v) is 5.37. The molecule has 4 aromatic rings. The van der Waals surface area contributed by atoms with Gasteiger partial charge in [0.2, 0.25) is 5.89 Å². The van der Waals surface area contributed by atoms with Crippen LogP contribution >= 0.6 is 11.8 Å². The minimum absolute atomic E-state index is 0.199. The Bertz CT molecular complexity index is 1170. The molecule has 2 heterocycles. The van der Waals surface area contributed by atoms with E-state index in [1.165, 1.54) is 16.4 Å². The van der Waals surface area contributed by atoms with Gasteiger partial charge in [-0.15, -0.1) is 15.3 Å². The van der Waals surface area contributed by atoms with Crippen LogP contribution in [0.4, 0.5) is 5.69 Å². The minimum Gasteiger partial charge on any atom is -0.411 e. The summed E-state index contributed by atoms with van der Waals surface area (Å²) in [6, 6.07) is 15.1. The predicted octanol–water partition coefficient (Wildman–Crippen LogP) is 3.44. The van der Waals surface area contributed by atoms with Gasteiger partial charge < -0.3 is 9.32 Å². The van der Waals surface area contributed by atoms with Crippen LogP contribution in [0.25, 0.3) is 22.4 Å². The van der Waals surface area contributed by atoms with Crippen LogP contribution in [0, 0.1) is 0 Å². The van der Waals surface area contributed by atoms with Crippen molar-refractivity contribution in [3.63, 3.8) is 0 Å². The van der Waals surface area contributed by atoms with Crippen LogP contribution in [0.3, 0.4) is 0 Å². The molecule has 4 rings (SSSR count). The fraction of sp³-hybridized carbons (Fsp3) is 0.250. The van der Waals surface area contributed by atoms with Gasteiger partial charge in [-0.1, -0.05) is 17.3 Å². The van der Waals surface area contributed by atoms with Gasteiger partial charge in [0.1, 0.15) is 11.4 Å². The molecule has 0 aliphatic rings. The second kappa shape index (κ2) is 8.44. The van der Waals surface area contributed by atoms with E-state index >= 15 is 0 Å². The van der Waals surface area contributed by atoms with Crippen molar-refractivity contribution in [2.75, 3.05) is 18.0 Å². The van der Waals surface area contributed by atoms with Gasteiger partial charge in [0, 0.05) is 24.3 Å². The van der Waals surface area contributed by atoms with E-state index in [-0.39, 0.29) is 11.4 Å². The first-order valence-electron chi connectivity index (χ1n) is 9.33. The van der Waals surface area contributed by atoms with Crippen molar-refractivity contribution in [1.82, 2.24) is 25.2 Å². The topological polar surface area (TPSA) is 89.9 Å². The summed E-state index contributed by atoms with van der Waals surface area (Å²) >= 11 is 1.24. The van der Waals surface area contributed by atoms with Gasteiger partial charge in [0.25, 0.3) is 10.8 Å². The van der Waals surface area contributed by atoms with Crippen LogP contribution in [-0.4, -0.2) is 38.3 Å². The van der Waals surface area contributed by atoms with E-state index in [2.05, 4.69) is 39.3 Å². The maximum atomic E-state index is 12.5. The molecule has 0 bridgehead atoms. The fourth-order valence-corrected chi connectivity index (χ4v) is 3.65. The molecule has 2 aromatic carbocycles. The first-order valence-corrected chi connectivity index (χ1v) is 10.3. The number of nitrogens with zero attached hydrogens (tertiary/aromatic N) is 6. The fourth-order valence-electron chi connectivity index (χ4n) is 3.01. The lowest BCUT2D eigenvalue weighted by Crippen LogP contribution is -2.23. The van der Waals surface area contributed by atoms with E-state index in [4.69, 9.17) is 4.42 Å². The molecule has 29 heavy (non-hydrogen) atoms. The van der Waals surface area contributed by atoms with Crippen molar-refractivity contribution >= 4 is 28.4 Å². The van der Waals surface area contributed by atoms with E-state index in [1.54, 1.807) is 18.2 Å². The number of benzene rings is 2. The van der Waals surface area contributed by atoms with Crippen molar-refractivity contribution < 1.29 is 4.42 Å². The van der Waals surface area contributed by atoms with E-state index in [0.29, 0.717) is 22.0 Å². The molecule has 9 heteroatoms. The first-order chi connectivity index (χ1) is 14.2. The summed E-state index contributed by atoms with van der Waals surface area (Å²) in [5, 5.41) is 17.1. The van der Waals surface area contributed by atoms with E-state index < -0.39 is 0 Å². The zero-order valence-electron chi connectivity index (χ0n) is 16.1. The summed E-state index contributed by atoms with van der Waals surface area (Å²) < 4.78 is 7.02. The van der Waals surface area contributed by atoms with Crippen LogP contribution in [0.15, 0.2) is 63.0 Å². The molecule has 0 aliphatic heterocycles. The first kappa shape index (κ1) is 19.1. The molecule has 0 spiro atoms. The Morgan fingerprint density at radius 3 is 2.52 bits per heavy atom. The molecular weight excluding hydrogens is 388 g/mol. The number of rotatable bonds is 7.